The molecule has 0 atom stereocenters. The molecule has 0 unspecified atom stereocenters. The molecule has 118 valence electrons. The van der Waals surface area contributed by atoms with Gasteiger partial charge in [0.25, 0.3) is 5.56 Å². The molecule has 1 fully saturated rings. The summed E-state index contributed by atoms with van der Waals surface area (Å²) < 4.78 is 1.45. The Hall–Kier alpha value is -1.07. The molecule has 0 aliphatic carbocycles. The molecule has 1 saturated heterocycles. The van der Waals surface area contributed by atoms with Crippen LogP contribution >= 0.6 is 11.6 Å². The number of hydrogen-bond donors (Lipinski definition) is 1. The lowest BCUT2D eigenvalue weighted by molar-refractivity contribution is 0.377. The van der Waals surface area contributed by atoms with Crippen molar-refractivity contribution in [2.45, 2.75) is 33.2 Å². The van der Waals surface area contributed by atoms with E-state index in [0.717, 1.165) is 25.3 Å². The van der Waals surface area contributed by atoms with Crippen molar-refractivity contribution < 1.29 is 0 Å². The zero-order valence-electron chi connectivity index (χ0n) is 13.1. The summed E-state index contributed by atoms with van der Waals surface area (Å²) in [5.41, 5.74) is 0.542. The fourth-order valence-electron chi connectivity index (χ4n) is 2.75. The molecule has 1 aromatic heterocycles. The molecular weight excluding hydrogens is 288 g/mol. The molecule has 1 aliphatic rings. The van der Waals surface area contributed by atoms with Gasteiger partial charge in [-0.3, -0.25) is 4.79 Å². The lowest BCUT2D eigenvalue weighted by Gasteiger charge is -2.29. The molecule has 0 spiro atoms. The van der Waals surface area contributed by atoms with Crippen molar-refractivity contribution in [3.63, 3.8) is 0 Å². The van der Waals surface area contributed by atoms with Gasteiger partial charge in [-0.25, -0.2) is 4.68 Å². The van der Waals surface area contributed by atoms with Gasteiger partial charge in [-0.1, -0.05) is 25.4 Å². The number of nitrogens with zero attached hydrogens (tertiary/aromatic N) is 3. The van der Waals surface area contributed by atoms with Crippen LogP contribution in [0, 0.1) is 11.8 Å². The van der Waals surface area contributed by atoms with E-state index in [-0.39, 0.29) is 10.6 Å². The Labute approximate surface area is 131 Å². The summed E-state index contributed by atoms with van der Waals surface area (Å²) >= 11 is 6.27. The fourth-order valence-corrected chi connectivity index (χ4v) is 3.04. The van der Waals surface area contributed by atoms with Gasteiger partial charge in [-0.15, -0.1) is 0 Å². The predicted molar refractivity (Wildman–Crippen MR) is 87.2 cm³/mol. The van der Waals surface area contributed by atoms with E-state index in [0.29, 0.717) is 18.4 Å². The molecule has 21 heavy (non-hydrogen) atoms. The van der Waals surface area contributed by atoms with E-state index in [1.165, 1.54) is 17.5 Å². The molecule has 2 heterocycles. The highest BCUT2D eigenvalue weighted by Crippen LogP contribution is 2.22. The molecule has 1 aromatic rings. The van der Waals surface area contributed by atoms with Crippen LogP contribution in [0.1, 0.15) is 26.7 Å². The monoisotopic (exact) mass is 312 g/mol. The Bertz CT molecular complexity index is 523. The first-order valence-electron chi connectivity index (χ1n) is 7.66. The molecule has 0 radical (unpaired) electrons. The summed E-state index contributed by atoms with van der Waals surface area (Å²) in [4.78, 5) is 14.3. The van der Waals surface area contributed by atoms with Crippen LogP contribution in [0.3, 0.4) is 0 Å². The van der Waals surface area contributed by atoms with Crippen LogP contribution in [0.25, 0.3) is 0 Å². The van der Waals surface area contributed by atoms with Crippen molar-refractivity contribution in [1.29, 1.82) is 0 Å². The minimum atomic E-state index is -0.194. The first kappa shape index (κ1) is 16.3. The summed E-state index contributed by atoms with van der Waals surface area (Å²) in [5, 5.41) is 7.90. The molecule has 0 saturated carbocycles. The minimum absolute atomic E-state index is 0.194. The highest BCUT2D eigenvalue weighted by molar-refractivity contribution is 6.33. The van der Waals surface area contributed by atoms with Crippen molar-refractivity contribution in [2.75, 3.05) is 31.6 Å². The second kappa shape index (κ2) is 7.27. The van der Waals surface area contributed by atoms with Crippen LogP contribution in [0.4, 0.5) is 5.69 Å². The normalized spacial score (nSPS) is 16.4. The van der Waals surface area contributed by atoms with Gasteiger partial charge in [-0.05, 0) is 37.8 Å². The molecule has 1 aliphatic heterocycles. The summed E-state index contributed by atoms with van der Waals surface area (Å²) in [7, 11) is 1.98. The Kier molecular flexibility index (Phi) is 5.65. The number of hydrogen-bond acceptors (Lipinski definition) is 4. The number of anilines is 1. The molecular formula is C15H25ClN4O. The second-order valence-corrected chi connectivity index (χ2v) is 6.68. The maximum absolute atomic E-state index is 12.3. The van der Waals surface area contributed by atoms with Crippen molar-refractivity contribution in [2.24, 2.45) is 11.8 Å². The van der Waals surface area contributed by atoms with Crippen molar-refractivity contribution >= 4 is 17.3 Å². The maximum Gasteiger partial charge on any atom is 0.287 e. The molecule has 2 rings (SSSR count). The van der Waals surface area contributed by atoms with E-state index in [1.54, 1.807) is 6.20 Å². The maximum atomic E-state index is 12.3. The Morgan fingerprint density at radius 1 is 1.48 bits per heavy atom. The van der Waals surface area contributed by atoms with Crippen LogP contribution in [0.15, 0.2) is 11.0 Å². The molecule has 5 nitrogen and oxygen atoms in total. The SMILES string of the molecule is CC(C)Cn1ncc(N(C)CC2CCNCC2)c(Cl)c1=O. The van der Waals surface area contributed by atoms with E-state index in [4.69, 9.17) is 11.6 Å². The van der Waals surface area contributed by atoms with Gasteiger partial charge in [-0.2, -0.15) is 5.10 Å². The van der Waals surface area contributed by atoms with Crippen LogP contribution in [-0.2, 0) is 6.54 Å². The lowest BCUT2D eigenvalue weighted by Crippen LogP contribution is -2.35. The van der Waals surface area contributed by atoms with Crippen molar-refractivity contribution in [1.82, 2.24) is 15.1 Å². The summed E-state index contributed by atoms with van der Waals surface area (Å²) in [6, 6.07) is 0. The number of nitrogens with one attached hydrogen (secondary N) is 1. The van der Waals surface area contributed by atoms with E-state index >= 15 is 0 Å². The standard InChI is InChI=1S/C15H25ClN4O/c1-11(2)9-20-15(21)14(16)13(8-18-20)19(3)10-12-4-6-17-7-5-12/h8,11-12,17H,4-7,9-10H2,1-3H3. The third-order valence-electron chi connectivity index (χ3n) is 3.91. The Balaban J connectivity index is 2.12. The van der Waals surface area contributed by atoms with Gasteiger partial charge >= 0.3 is 0 Å². The molecule has 6 heteroatoms. The third kappa shape index (κ3) is 4.20. The summed E-state index contributed by atoms with van der Waals surface area (Å²) in [6.45, 7) is 7.76. The topological polar surface area (TPSA) is 50.2 Å². The average Bonchev–Trinajstić information content (AvgIpc) is 2.44. The Morgan fingerprint density at radius 2 is 2.14 bits per heavy atom. The van der Waals surface area contributed by atoms with Crippen LogP contribution in [0.5, 0.6) is 0 Å². The highest BCUT2D eigenvalue weighted by Gasteiger charge is 2.18. The molecule has 0 aromatic carbocycles. The van der Waals surface area contributed by atoms with Gasteiger partial charge in [0, 0.05) is 20.1 Å². The van der Waals surface area contributed by atoms with Crippen molar-refractivity contribution in [3.8, 4) is 0 Å². The average molecular weight is 313 g/mol. The largest absolute Gasteiger partial charge is 0.372 e. The highest BCUT2D eigenvalue weighted by atomic mass is 35.5. The van der Waals surface area contributed by atoms with Gasteiger partial charge in [0.15, 0.2) is 0 Å². The first-order chi connectivity index (χ1) is 9.99. The Morgan fingerprint density at radius 3 is 2.76 bits per heavy atom. The van der Waals surface area contributed by atoms with Crippen LogP contribution in [0.2, 0.25) is 5.02 Å². The van der Waals surface area contributed by atoms with E-state index < -0.39 is 0 Å². The molecule has 0 bridgehead atoms. The van der Waals surface area contributed by atoms with Crippen LogP contribution in [-0.4, -0.2) is 36.5 Å². The third-order valence-corrected chi connectivity index (χ3v) is 4.26. The van der Waals surface area contributed by atoms with Gasteiger partial charge in [0.1, 0.15) is 5.02 Å². The van der Waals surface area contributed by atoms with Gasteiger partial charge in [0.2, 0.25) is 0 Å². The lowest BCUT2D eigenvalue weighted by atomic mass is 9.97. The predicted octanol–water partition coefficient (Wildman–Crippen LogP) is 1.99. The smallest absolute Gasteiger partial charge is 0.287 e. The summed E-state index contributed by atoms with van der Waals surface area (Å²) in [5.74, 6) is 1.01. The first-order valence-corrected chi connectivity index (χ1v) is 8.04. The molecule has 1 N–H and O–H groups in total. The number of rotatable bonds is 5. The molecule has 0 amide bonds. The zero-order chi connectivity index (χ0) is 15.4. The minimum Gasteiger partial charge on any atom is -0.372 e. The van der Waals surface area contributed by atoms with Crippen LogP contribution < -0.4 is 15.8 Å². The van der Waals surface area contributed by atoms with Gasteiger partial charge in [0.05, 0.1) is 11.9 Å². The summed E-state index contributed by atoms with van der Waals surface area (Å²) in [6.07, 6.45) is 4.05. The van der Waals surface area contributed by atoms with E-state index in [2.05, 4.69) is 29.2 Å². The second-order valence-electron chi connectivity index (χ2n) is 6.30. The van der Waals surface area contributed by atoms with E-state index in [9.17, 15) is 4.79 Å². The number of piperidine rings is 1. The number of halogens is 1. The fraction of sp³-hybridized carbons (Fsp3) is 0.733. The van der Waals surface area contributed by atoms with E-state index in [1.807, 2.05) is 7.05 Å². The van der Waals surface area contributed by atoms with Crippen molar-refractivity contribution in [3.05, 3.63) is 21.6 Å². The quantitative estimate of drug-likeness (QED) is 0.903. The zero-order valence-corrected chi connectivity index (χ0v) is 13.9. The number of aromatic nitrogens is 2. The van der Waals surface area contributed by atoms with Gasteiger partial charge < -0.3 is 10.2 Å².